The minimum Gasteiger partial charge on any atom is -0.484 e. The van der Waals surface area contributed by atoms with E-state index >= 15 is 0 Å². The van der Waals surface area contributed by atoms with Crippen LogP contribution < -0.4 is 15.4 Å². The molecule has 0 saturated heterocycles. The molecule has 1 aromatic carbocycles. The van der Waals surface area contributed by atoms with Gasteiger partial charge in [0.2, 0.25) is 0 Å². The van der Waals surface area contributed by atoms with E-state index in [-0.39, 0.29) is 29.7 Å². The lowest BCUT2D eigenvalue weighted by molar-refractivity contribution is -0.153. The maximum atomic E-state index is 12.1. The lowest BCUT2D eigenvalue weighted by Gasteiger charge is -2.12. The van der Waals surface area contributed by atoms with E-state index in [2.05, 4.69) is 20.4 Å². The molecule has 4 nitrogen and oxygen atoms in total. The molecule has 2 rings (SSSR count). The first-order chi connectivity index (χ1) is 11.5. The Morgan fingerprint density at radius 1 is 1.20 bits per heavy atom. The Morgan fingerprint density at radius 3 is 2.44 bits per heavy atom. The molecule has 0 bridgehead atoms. The normalized spacial score (nSPS) is 14.6. The van der Waals surface area contributed by atoms with E-state index in [0.717, 1.165) is 30.4 Å². The number of nitrogens with zero attached hydrogens (tertiary/aromatic N) is 1. The fourth-order valence-electron chi connectivity index (χ4n) is 2.28. The van der Waals surface area contributed by atoms with Crippen molar-refractivity contribution in [3.8, 4) is 5.75 Å². The third kappa shape index (κ3) is 9.76. The zero-order valence-corrected chi connectivity index (χ0v) is 16.6. The summed E-state index contributed by atoms with van der Waals surface area (Å²) < 4.78 is 40.9. The van der Waals surface area contributed by atoms with Crippen LogP contribution in [0.2, 0.25) is 0 Å². The van der Waals surface area contributed by atoms with Gasteiger partial charge in [0.1, 0.15) is 5.75 Å². The van der Waals surface area contributed by atoms with Crippen molar-refractivity contribution in [2.75, 3.05) is 20.2 Å². The van der Waals surface area contributed by atoms with Gasteiger partial charge in [-0.05, 0) is 36.5 Å². The molecular weight excluding hydrogens is 446 g/mol. The number of rotatable bonds is 8. The van der Waals surface area contributed by atoms with E-state index in [0.29, 0.717) is 6.54 Å². The van der Waals surface area contributed by atoms with E-state index in [1.54, 1.807) is 19.2 Å². The van der Waals surface area contributed by atoms with Gasteiger partial charge < -0.3 is 15.4 Å². The molecule has 142 valence electrons. The molecule has 0 aromatic heterocycles. The first-order valence-electron chi connectivity index (χ1n) is 8.19. The van der Waals surface area contributed by atoms with Crippen molar-refractivity contribution in [3.63, 3.8) is 0 Å². The topological polar surface area (TPSA) is 45.7 Å². The molecule has 0 unspecified atom stereocenters. The van der Waals surface area contributed by atoms with Crippen LogP contribution in [0.15, 0.2) is 29.3 Å². The highest BCUT2D eigenvalue weighted by Crippen LogP contribution is 2.33. The van der Waals surface area contributed by atoms with Gasteiger partial charge in [-0.1, -0.05) is 25.0 Å². The SMILES string of the molecule is CN=C(NCCCC1CC1)NCc1ccc(OCC(F)(F)F)cc1.I. The lowest BCUT2D eigenvalue weighted by atomic mass is 10.2. The molecule has 1 fully saturated rings. The van der Waals surface area contributed by atoms with Gasteiger partial charge >= 0.3 is 6.18 Å². The highest BCUT2D eigenvalue weighted by molar-refractivity contribution is 14.0. The second-order valence-electron chi connectivity index (χ2n) is 5.99. The van der Waals surface area contributed by atoms with Gasteiger partial charge in [-0.3, -0.25) is 4.99 Å². The van der Waals surface area contributed by atoms with Crippen molar-refractivity contribution in [2.24, 2.45) is 10.9 Å². The number of halogens is 4. The average Bonchev–Trinajstić information content (AvgIpc) is 3.37. The molecule has 8 heteroatoms. The highest BCUT2D eigenvalue weighted by Gasteiger charge is 2.28. The van der Waals surface area contributed by atoms with E-state index in [1.165, 1.54) is 31.4 Å². The molecule has 0 amide bonds. The average molecular weight is 471 g/mol. The summed E-state index contributed by atoms with van der Waals surface area (Å²) in [5, 5.41) is 6.44. The summed E-state index contributed by atoms with van der Waals surface area (Å²) in [5.41, 5.74) is 0.940. The summed E-state index contributed by atoms with van der Waals surface area (Å²) in [6.45, 7) is 0.157. The Kier molecular flexibility index (Phi) is 9.37. The Balaban J connectivity index is 0.00000312. The summed E-state index contributed by atoms with van der Waals surface area (Å²) in [5.74, 6) is 1.86. The maximum absolute atomic E-state index is 12.1. The first-order valence-corrected chi connectivity index (χ1v) is 8.19. The van der Waals surface area contributed by atoms with Crippen molar-refractivity contribution in [1.29, 1.82) is 0 Å². The molecule has 0 spiro atoms. The van der Waals surface area contributed by atoms with Gasteiger partial charge in [-0.25, -0.2) is 0 Å². The molecule has 1 aliphatic carbocycles. The summed E-state index contributed by atoms with van der Waals surface area (Å²) in [6, 6.07) is 6.54. The van der Waals surface area contributed by atoms with Gasteiger partial charge in [0, 0.05) is 20.1 Å². The Bertz CT molecular complexity index is 531. The molecule has 0 heterocycles. The van der Waals surface area contributed by atoms with E-state index < -0.39 is 12.8 Å². The van der Waals surface area contributed by atoms with E-state index in [4.69, 9.17) is 0 Å². The second-order valence-corrected chi connectivity index (χ2v) is 5.99. The highest BCUT2D eigenvalue weighted by atomic mass is 127. The number of guanidine groups is 1. The largest absolute Gasteiger partial charge is 0.484 e. The lowest BCUT2D eigenvalue weighted by Crippen LogP contribution is -2.37. The summed E-state index contributed by atoms with van der Waals surface area (Å²) >= 11 is 0. The van der Waals surface area contributed by atoms with Gasteiger partial charge in [0.25, 0.3) is 0 Å². The number of alkyl halides is 3. The minimum atomic E-state index is -4.32. The number of hydrogen-bond donors (Lipinski definition) is 2. The molecule has 1 aliphatic rings. The second kappa shape index (κ2) is 10.7. The van der Waals surface area contributed by atoms with Crippen LogP contribution in [0.3, 0.4) is 0 Å². The summed E-state index contributed by atoms with van der Waals surface area (Å²) in [4.78, 5) is 4.15. The number of hydrogen-bond acceptors (Lipinski definition) is 2. The minimum absolute atomic E-state index is 0. The van der Waals surface area contributed by atoms with Gasteiger partial charge in [-0.2, -0.15) is 13.2 Å². The van der Waals surface area contributed by atoms with E-state index in [1.807, 2.05) is 0 Å². The Morgan fingerprint density at radius 2 is 1.88 bits per heavy atom. The summed E-state index contributed by atoms with van der Waals surface area (Å²) in [7, 11) is 1.71. The predicted molar refractivity (Wildman–Crippen MR) is 104 cm³/mol. The number of aliphatic imine (C=N–C) groups is 1. The Labute approximate surface area is 163 Å². The standard InChI is InChI=1S/C17H24F3N3O.HI/c1-21-16(22-10-2-3-13-4-5-13)23-11-14-6-8-15(9-7-14)24-12-17(18,19)20;/h6-9,13H,2-5,10-12H2,1H3,(H2,21,22,23);1H. The molecule has 1 aromatic rings. The summed E-state index contributed by atoms with van der Waals surface area (Å²) in [6.07, 6.45) is 0.823. The van der Waals surface area contributed by atoms with Crippen LogP contribution in [0.4, 0.5) is 13.2 Å². The maximum Gasteiger partial charge on any atom is 0.422 e. The fourth-order valence-corrected chi connectivity index (χ4v) is 2.28. The molecule has 2 N–H and O–H groups in total. The molecule has 0 atom stereocenters. The third-order valence-corrected chi connectivity index (χ3v) is 3.79. The fraction of sp³-hybridized carbons (Fsp3) is 0.588. The van der Waals surface area contributed by atoms with E-state index in [9.17, 15) is 13.2 Å². The molecule has 25 heavy (non-hydrogen) atoms. The predicted octanol–water partition coefficient (Wildman–Crippen LogP) is 4.10. The van der Waals surface area contributed by atoms with Crippen LogP contribution >= 0.6 is 24.0 Å². The van der Waals surface area contributed by atoms with Gasteiger partial charge in [0.05, 0.1) is 0 Å². The van der Waals surface area contributed by atoms with Crippen LogP contribution in [-0.2, 0) is 6.54 Å². The van der Waals surface area contributed by atoms with Crippen molar-refractivity contribution < 1.29 is 17.9 Å². The van der Waals surface area contributed by atoms with Gasteiger partial charge in [-0.15, -0.1) is 24.0 Å². The number of benzene rings is 1. The van der Waals surface area contributed by atoms with Crippen molar-refractivity contribution >= 4 is 29.9 Å². The third-order valence-electron chi connectivity index (χ3n) is 3.79. The molecule has 1 saturated carbocycles. The number of ether oxygens (including phenoxy) is 1. The van der Waals surface area contributed by atoms with Crippen LogP contribution in [0.1, 0.15) is 31.2 Å². The van der Waals surface area contributed by atoms with Crippen molar-refractivity contribution in [1.82, 2.24) is 10.6 Å². The first kappa shape index (κ1) is 21.9. The van der Waals surface area contributed by atoms with Crippen LogP contribution in [0.5, 0.6) is 5.75 Å². The zero-order chi connectivity index (χ0) is 17.4. The Hall–Kier alpha value is -1.19. The van der Waals surface area contributed by atoms with Crippen LogP contribution in [0.25, 0.3) is 0 Å². The smallest absolute Gasteiger partial charge is 0.422 e. The van der Waals surface area contributed by atoms with Crippen LogP contribution in [0, 0.1) is 5.92 Å². The molecule has 0 aliphatic heterocycles. The molecule has 0 radical (unpaired) electrons. The molecular formula is C17H25F3IN3O. The van der Waals surface area contributed by atoms with Gasteiger partial charge in [0.15, 0.2) is 12.6 Å². The number of nitrogens with one attached hydrogen (secondary N) is 2. The van der Waals surface area contributed by atoms with Crippen molar-refractivity contribution in [2.45, 2.75) is 38.4 Å². The quantitative estimate of drug-likeness (QED) is 0.260. The van der Waals surface area contributed by atoms with Crippen molar-refractivity contribution in [3.05, 3.63) is 29.8 Å². The monoisotopic (exact) mass is 471 g/mol. The van der Waals surface area contributed by atoms with Crippen LogP contribution in [-0.4, -0.2) is 32.3 Å². The zero-order valence-electron chi connectivity index (χ0n) is 14.2.